The first kappa shape index (κ1) is 22.1. The number of halogens is 1. The van der Waals surface area contributed by atoms with E-state index in [2.05, 4.69) is 15.6 Å². The van der Waals surface area contributed by atoms with Crippen LogP contribution in [0.15, 0.2) is 29.6 Å². The maximum Gasteiger partial charge on any atom is 0.226 e. The maximum absolute atomic E-state index is 11.9. The molecule has 0 bridgehead atoms. The molecular weight excluding hydrogens is 372 g/mol. The second-order valence-electron chi connectivity index (χ2n) is 5.80. The summed E-state index contributed by atoms with van der Waals surface area (Å²) in [7, 11) is 0. The number of nitrogens with two attached hydrogens (primary N) is 1. The number of amides is 2. The number of hydrogen-bond donors (Lipinski definition) is 3. The third-order valence-corrected chi connectivity index (χ3v) is 4.37. The second kappa shape index (κ2) is 11.6. The number of unbranched alkanes of at least 4 members (excludes halogenated alkanes) is 3. The van der Waals surface area contributed by atoms with Crippen molar-refractivity contribution in [2.45, 2.75) is 39.0 Å². The first-order chi connectivity index (χ1) is 12.1. The van der Waals surface area contributed by atoms with Gasteiger partial charge in [-0.15, -0.1) is 23.7 Å². The molecule has 6 nitrogen and oxygen atoms in total. The minimum atomic E-state index is -0.102. The molecule has 26 heavy (non-hydrogen) atoms. The van der Waals surface area contributed by atoms with Crippen LogP contribution in [-0.2, 0) is 9.59 Å². The topological polar surface area (TPSA) is 97.1 Å². The largest absolute Gasteiger partial charge is 0.330 e. The van der Waals surface area contributed by atoms with E-state index in [9.17, 15) is 9.59 Å². The van der Waals surface area contributed by atoms with Crippen LogP contribution in [0.1, 0.15) is 39.0 Å². The van der Waals surface area contributed by atoms with Crippen molar-refractivity contribution in [3.05, 3.63) is 29.6 Å². The summed E-state index contributed by atoms with van der Waals surface area (Å²) in [4.78, 5) is 27.4. The molecule has 0 aliphatic rings. The molecule has 8 heteroatoms. The summed E-state index contributed by atoms with van der Waals surface area (Å²) in [6, 6.07) is 7.44. The number of hydrogen-bond acceptors (Lipinski definition) is 5. The van der Waals surface area contributed by atoms with Crippen molar-refractivity contribution >= 4 is 46.4 Å². The molecule has 1 heterocycles. The van der Waals surface area contributed by atoms with Gasteiger partial charge in [0, 0.05) is 30.0 Å². The number of benzene rings is 1. The highest BCUT2D eigenvalue weighted by molar-refractivity contribution is 7.14. The molecular formula is C18H25ClN4O2S. The van der Waals surface area contributed by atoms with E-state index in [-0.39, 0.29) is 24.2 Å². The molecule has 2 rings (SSSR count). The Bertz CT molecular complexity index is 703. The minimum absolute atomic E-state index is 0. The summed E-state index contributed by atoms with van der Waals surface area (Å²) < 4.78 is 0. The van der Waals surface area contributed by atoms with E-state index >= 15 is 0 Å². The van der Waals surface area contributed by atoms with Crippen LogP contribution in [0.25, 0.3) is 11.3 Å². The molecule has 1 aromatic heterocycles. The van der Waals surface area contributed by atoms with Crippen molar-refractivity contribution in [3.8, 4) is 11.3 Å². The zero-order chi connectivity index (χ0) is 18.1. The van der Waals surface area contributed by atoms with Gasteiger partial charge in [0.15, 0.2) is 5.13 Å². The van der Waals surface area contributed by atoms with Crippen LogP contribution in [0.5, 0.6) is 0 Å². The first-order valence-corrected chi connectivity index (χ1v) is 9.30. The number of nitrogens with one attached hydrogen (secondary N) is 2. The third kappa shape index (κ3) is 7.51. The van der Waals surface area contributed by atoms with Crippen LogP contribution in [-0.4, -0.2) is 23.3 Å². The number of carbonyl (C=O) groups is 2. The van der Waals surface area contributed by atoms with Crippen molar-refractivity contribution in [1.29, 1.82) is 0 Å². The smallest absolute Gasteiger partial charge is 0.226 e. The molecule has 0 saturated carbocycles. The van der Waals surface area contributed by atoms with Crippen molar-refractivity contribution in [2.24, 2.45) is 5.73 Å². The molecule has 2 aromatic rings. The average molecular weight is 397 g/mol. The van der Waals surface area contributed by atoms with Gasteiger partial charge in [-0.05, 0) is 31.5 Å². The number of thiazole rings is 1. The molecule has 2 amide bonds. The third-order valence-electron chi connectivity index (χ3n) is 3.61. The van der Waals surface area contributed by atoms with Gasteiger partial charge in [-0.25, -0.2) is 4.98 Å². The minimum Gasteiger partial charge on any atom is -0.330 e. The molecule has 0 spiro atoms. The predicted octanol–water partition coefficient (Wildman–Crippen LogP) is 4.04. The van der Waals surface area contributed by atoms with Gasteiger partial charge in [0.25, 0.3) is 0 Å². The van der Waals surface area contributed by atoms with Gasteiger partial charge in [0.1, 0.15) is 0 Å². The van der Waals surface area contributed by atoms with E-state index in [4.69, 9.17) is 5.73 Å². The van der Waals surface area contributed by atoms with Crippen LogP contribution in [0.3, 0.4) is 0 Å². The molecule has 142 valence electrons. The Morgan fingerprint density at radius 3 is 2.42 bits per heavy atom. The molecule has 0 unspecified atom stereocenters. The fraction of sp³-hybridized carbons (Fsp3) is 0.389. The van der Waals surface area contributed by atoms with Crippen LogP contribution in [0.4, 0.5) is 10.8 Å². The summed E-state index contributed by atoms with van der Waals surface area (Å²) in [6.45, 7) is 2.18. The Morgan fingerprint density at radius 2 is 1.77 bits per heavy atom. The average Bonchev–Trinajstić information content (AvgIpc) is 3.03. The number of anilines is 2. The van der Waals surface area contributed by atoms with Gasteiger partial charge in [-0.3, -0.25) is 9.59 Å². The molecule has 0 saturated heterocycles. The summed E-state index contributed by atoms with van der Waals surface area (Å²) in [5, 5.41) is 8.09. The highest BCUT2D eigenvalue weighted by atomic mass is 35.5. The lowest BCUT2D eigenvalue weighted by atomic mass is 10.1. The monoisotopic (exact) mass is 396 g/mol. The first-order valence-electron chi connectivity index (χ1n) is 8.42. The number of carbonyl (C=O) groups excluding carboxylic acids is 2. The molecule has 0 atom stereocenters. The molecule has 4 N–H and O–H groups in total. The summed E-state index contributed by atoms with van der Waals surface area (Å²) in [5.74, 6) is -0.107. The van der Waals surface area contributed by atoms with Gasteiger partial charge in [0.05, 0.1) is 5.69 Å². The van der Waals surface area contributed by atoms with Gasteiger partial charge < -0.3 is 16.4 Å². The van der Waals surface area contributed by atoms with Crippen LogP contribution in [0, 0.1) is 0 Å². The zero-order valence-electron chi connectivity index (χ0n) is 14.8. The Kier molecular flexibility index (Phi) is 9.87. The second-order valence-corrected chi connectivity index (χ2v) is 6.66. The van der Waals surface area contributed by atoms with E-state index in [0.29, 0.717) is 18.1 Å². The van der Waals surface area contributed by atoms with E-state index in [0.717, 1.165) is 42.6 Å². The fourth-order valence-electron chi connectivity index (χ4n) is 2.36. The summed E-state index contributed by atoms with van der Waals surface area (Å²) in [6.07, 6.45) is 4.48. The quantitative estimate of drug-likeness (QED) is 0.557. The van der Waals surface area contributed by atoms with Gasteiger partial charge >= 0.3 is 0 Å². The molecule has 0 fully saturated rings. The lowest BCUT2D eigenvalue weighted by Gasteiger charge is -2.03. The highest BCUT2D eigenvalue weighted by Crippen LogP contribution is 2.26. The van der Waals surface area contributed by atoms with Crippen molar-refractivity contribution < 1.29 is 9.59 Å². The molecule has 0 aliphatic carbocycles. The van der Waals surface area contributed by atoms with Crippen molar-refractivity contribution in [2.75, 3.05) is 17.2 Å². The van der Waals surface area contributed by atoms with Crippen LogP contribution in [0.2, 0.25) is 0 Å². The Hall–Kier alpha value is -1.96. The highest BCUT2D eigenvalue weighted by Gasteiger charge is 2.08. The Balaban J connectivity index is 0.00000338. The Morgan fingerprint density at radius 1 is 1.08 bits per heavy atom. The van der Waals surface area contributed by atoms with E-state index < -0.39 is 0 Å². The van der Waals surface area contributed by atoms with E-state index in [1.165, 1.54) is 18.3 Å². The van der Waals surface area contributed by atoms with Gasteiger partial charge in [0.2, 0.25) is 11.8 Å². The lowest BCUT2D eigenvalue weighted by Crippen LogP contribution is -2.10. The summed E-state index contributed by atoms with van der Waals surface area (Å²) >= 11 is 1.41. The van der Waals surface area contributed by atoms with Gasteiger partial charge in [-0.2, -0.15) is 0 Å². The zero-order valence-corrected chi connectivity index (χ0v) is 16.4. The van der Waals surface area contributed by atoms with Crippen LogP contribution < -0.4 is 16.4 Å². The number of aromatic nitrogens is 1. The summed E-state index contributed by atoms with van der Waals surface area (Å²) in [5.41, 5.74) is 7.93. The van der Waals surface area contributed by atoms with Crippen molar-refractivity contribution in [3.63, 3.8) is 0 Å². The van der Waals surface area contributed by atoms with Crippen molar-refractivity contribution in [1.82, 2.24) is 4.98 Å². The number of rotatable bonds is 9. The fourth-order valence-corrected chi connectivity index (χ4v) is 3.09. The lowest BCUT2D eigenvalue weighted by molar-refractivity contribution is -0.116. The SMILES string of the molecule is CC(=O)Nc1ccc(-c2csc(NC(=O)CCCCCCN)n2)cc1.Cl. The normalized spacial score (nSPS) is 10.1. The standard InChI is InChI=1S/C18H24N4O2S.ClH/c1-13(23)20-15-9-7-14(8-10-15)16-12-25-18(21-16)22-17(24)6-4-2-3-5-11-19;/h7-10,12H,2-6,11,19H2,1H3,(H,20,23)(H,21,22,24);1H. The van der Waals surface area contributed by atoms with E-state index in [1.807, 2.05) is 29.6 Å². The molecule has 1 aromatic carbocycles. The Labute approximate surface area is 164 Å². The van der Waals surface area contributed by atoms with E-state index in [1.54, 1.807) is 0 Å². The van der Waals surface area contributed by atoms with Gasteiger partial charge in [-0.1, -0.05) is 25.0 Å². The predicted molar refractivity (Wildman–Crippen MR) is 110 cm³/mol. The number of nitrogens with zero attached hydrogens (tertiary/aromatic N) is 1. The molecule has 0 radical (unpaired) electrons. The maximum atomic E-state index is 11.9. The molecule has 0 aliphatic heterocycles. The van der Waals surface area contributed by atoms with Crippen LogP contribution >= 0.6 is 23.7 Å².